The van der Waals surface area contributed by atoms with Crippen LogP contribution in [0.3, 0.4) is 0 Å². The number of hydrogen-bond acceptors (Lipinski definition) is 10. The molecule has 45 heavy (non-hydrogen) atoms. The maximum absolute atomic E-state index is 13.6. The number of thioether (sulfide) groups is 1. The number of halogens is 1. The Morgan fingerprint density at radius 2 is 1.78 bits per heavy atom. The van der Waals surface area contributed by atoms with Crippen molar-refractivity contribution in [3.63, 3.8) is 0 Å². The molecule has 0 saturated carbocycles. The number of rotatable bonds is 11. The summed E-state index contributed by atoms with van der Waals surface area (Å²) in [6.45, 7) is -0.114. The highest BCUT2D eigenvalue weighted by molar-refractivity contribution is 8.18. The number of para-hydroxylation sites is 1. The molecular formula is C32H27ClN4O7S. The molecule has 0 spiro atoms. The number of benzene rings is 3. The molecule has 1 aliphatic heterocycles. The summed E-state index contributed by atoms with van der Waals surface area (Å²) in [5, 5.41) is 22.3. The minimum atomic E-state index is -0.355. The van der Waals surface area contributed by atoms with Crippen molar-refractivity contribution < 1.29 is 33.3 Å². The smallest absolute Gasteiger partial charge is 0.267 e. The number of furan rings is 1. The van der Waals surface area contributed by atoms with Crippen LogP contribution in [0.15, 0.2) is 98.6 Å². The van der Waals surface area contributed by atoms with Gasteiger partial charge in [-0.15, -0.1) is 5.10 Å². The molecule has 1 aromatic heterocycles. The first kappa shape index (κ1) is 31.2. The van der Waals surface area contributed by atoms with E-state index in [1.165, 1.54) is 31.6 Å². The average molecular weight is 647 g/mol. The molecule has 2 amide bonds. The van der Waals surface area contributed by atoms with Crippen molar-refractivity contribution in [3.8, 4) is 23.0 Å². The Morgan fingerprint density at radius 1 is 1.04 bits per heavy atom. The molecule has 4 aromatic rings. The quantitative estimate of drug-likeness (QED) is 0.112. The summed E-state index contributed by atoms with van der Waals surface area (Å²) in [5.74, 6) is 0.599. The van der Waals surface area contributed by atoms with E-state index in [0.717, 1.165) is 11.8 Å². The van der Waals surface area contributed by atoms with Crippen molar-refractivity contribution in [1.82, 2.24) is 4.90 Å². The van der Waals surface area contributed by atoms with Crippen LogP contribution in [0.5, 0.6) is 23.0 Å². The van der Waals surface area contributed by atoms with Crippen LogP contribution in [0.25, 0.3) is 6.08 Å². The van der Waals surface area contributed by atoms with Crippen molar-refractivity contribution in [1.29, 1.82) is 0 Å². The Hall–Kier alpha value is -5.20. The molecular weight excluding hydrogens is 620 g/mol. The number of methoxy groups -OCH3 is 2. The number of hydrogen-bond donors (Lipinski definition) is 2. The number of amidine groups is 1. The fourth-order valence-electron chi connectivity index (χ4n) is 4.16. The topological polar surface area (TPSA) is 135 Å². The lowest BCUT2D eigenvalue weighted by Gasteiger charge is -2.13. The minimum Gasteiger partial charge on any atom is -0.502 e. The van der Waals surface area contributed by atoms with Crippen LogP contribution >= 0.6 is 23.4 Å². The average Bonchev–Trinajstić information content (AvgIpc) is 3.66. The first-order valence-electron chi connectivity index (χ1n) is 13.4. The van der Waals surface area contributed by atoms with Gasteiger partial charge in [-0.2, -0.15) is 5.10 Å². The van der Waals surface area contributed by atoms with Gasteiger partial charge >= 0.3 is 0 Å². The van der Waals surface area contributed by atoms with Gasteiger partial charge in [-0.25, -0.2) is 0 Å². The number of nitrogens with zero attached hydrogens (tertiary/aromatic N) is 3. The maximum Gasteiger partial charge on any atom is 0.267 e. The predicted molar refractivity (Wildman–Crippen MR) is 173 cm³/mol. The molecule has 0 atom stereocenters. The number of nitrogens with one attached hydrogen (secondary N) is 1. The van der Waals surface area contributed by atoms with Crippen LogP contribution in [0, 0.1) is 0 Å². The number of aromatic hydroxyl groups is 1. The zero-order valence-electron chi connectivity index (χ0n) is 24.1. The van der Waals surface area contributed by atoms with E-state index < -0.39 is 0 Å². The highest BCUT2D eigenvalue weighted by Gasteiger charge is 2.34. The molecule has 13 heteroatoms. The van der Waals surface area contributed by atoms with Crippen molar-refractivity contribution in [3.05, 3.63) is 106 Å². The molecule has 230 valence electrons. The largest absolute Gasteiger partial charge is 0.502 e. The summed E-state index contributed by atoms with van der Waals surface area (Å²) in [6, 6.07) is 20.5. The number of carbonyl (C=O) groups excluding carboxylic acids is 2. The highest BCUT2D eigenvalue weighted by Crippen LogP contribution is 2.37. The third-order valence-corrected chi connectivity index (χ3v) is 7.58. The fourth-order valence-corrected chi connectivity index (χ4v) is 5.21. The lowest BCUT2D eigenvalue weighted by atomic mass is 10.2. The van der Waals surface area contributed by atoms with E-state index in [1.807, 2.05) is 0 Å². The number of carbonyl (C=O) groups is 2. The molecule has 0 unspecified atom stereocenters. The van der Waals surface area contributed by atoms with Gasteiger partial charge in [0.05, 0.1) is 38.1 Å². The van der Waals surface area contributed by atoms with Gasteiger partial charge < -0.3 is 29.1 Å². The number of amides is 2. The van der Waals surface area contributed by atoms with Gasteiger partial charge in [0, 0.05) is 21.8 Å². The number of phenolic OH excluding ortho intramolecular Hbond substituents is 1. The number of ether oxygens (including phenoxy) is 3. The molecule has 0 radical (unpaired) electrons. The Kier molecular flexibility index (Phi) is 10.1. The second kappa shape index (κ2) is 14.5. The van der Waals surface area contributed by atoms with Gasteiger partial charge in [0.15, 0.2) is 23.3 Å². The van der Waals surface area contributed by atoms with E-state index in [1.54, 1.807) is 78.9 Å². The van der Waals surface area contributed by atoms with Crippen LogP contribution in [-0.2, 0) is 16.1 Å². The normalized spacial score (nSPS) is 14.8. The van der Waals surface area contributed by atoms with Gasteiger partial charge in [-0.3, -0.25) is 14.5 Å². The Bertz CT molecular complexity index is 1750. The first-order valence-corrected chi connectivity index (χ1v) is 14.6. The Labute approximate surface area is 267 Å². The molecule has 0 aliphatic carbocycles. The lowest BCUT2D eigenvalue weighted by Crippen LogP contribution is -2.28. The lowest BCUT2D eigenvalue weighted by molar-refractivity contribution is -0.122. The molecule has 5 rings (SSSR count). The number of anilines is 1. The van der Waals surface area contributed by atoms with E-state index in [-0.39, 0.29) is 42.2 Å². The van der Waals surface area contributed by atoms with Crippen molar-refractivity contribution >= 4 is 58.3 Å². The zero-order chi connectivity index (χ0) is 31.8. The SMILES string of the molecule is COc1cc(/C=N/N=C2\S/C(=C\c3ccccc3OCC(=O)Nc3ccc(Cl)cc3)C(=O)N2Cc2ccco2)cc(OC)c1O. The van der Waals surface area contributed by atoms with Crippen LogP contribution < -0.4 is 19.5 Å². The first-order chi connectivity index (χ1) is 21.8. The molecule has 2 heterocycles. The van der Waals surface area contributed by atoms with Crippen LogP contribution in [-0.4, -0.2) is 54.0 Å². The highest BCUT2D eigenvalue weighted by atomic mass is 35.5. The van der Waals surface area contributed by atoms with E-state index in [0.29, 0.717) is 43.4 Å². The van der Waals surface area contributed by atoms with Gasteiger partial charge in [0.1, 0.15) is 11.5 Å². The minimum absolute atomic E-state index is 0.133. The molecule has 2 N–H and O–H groups in total. The van der Waals surface area contributed by atoms with Crippen LogP contribution in [0.4, 0.5) is 5.69 Å². The summed E-state index contributed by atoms with van der Waals surface area (Å²) in [5.41, 5.74) is 1.74. The Morgan fingerprint density at radius 3 is 2.47 bits per heavy atom. The van der Waals surface area contributed by atoms with E-state index >= 15 is 0 Å². The van der Waals surface area contributed by atoms with E-state index in [4.69, 9.17) is 30.2 Å². The second-order valence-electron chi connectivity index (χ2n) is 9.36. The summed E-state index contributed by atoms with van der Waals surface area (Å²) < 4.78 is 21.7. The third kappa shape index (κ3) is 7.85. The van der Waals surface area contributed by atoms with Crippen LogP contribution in [0.1, 0.15) is 16.9 Å². The predicted octanol–water partition coefficient (Wildman–Crippen LogP) is 6.18. The van der Waals surface area contributed by atoms with E-state index in [9.17, 15) is 14.7 Å². The second-order valence-corrected chi connectivity index (χ2v) is 10.8. The van der Waals surface area contributed by atoms with Gasteiger partial charge in [-0.05, 0) is 72.4 Å². The van der Waals surface area contributed by atoms with Gasteiger partial charge in [0.2, 0.25) is 5.75 Å². The third-order valence-electron chi connectivity index (χ3n) is 6.33. The summed E-state index contributed by atoms with van der Waals surface area (Å²) in [6.07, 6.45) is 4.65. The Balaban J connectivity index is 1.36. The zero-order valence-corrected chi connectivity index (χ0v) is 25.7. The van der Waals surface area contributed by atoms with Crippen molar-refractivity contribution in [2.45, 2.75) is 6.54 Å². The fraction of sp³-hybridized carbons (Fsp3) is 0.125. The summed E-state index contributed by atoms with van der Waals surface area (Å²) in [7, 11) is 2.85. The van der Waals surface area contributed by atoms with Gasteiger partial charge in [-0.1, -0.05) is 29.8 Å². The molecule has 0 bridgehead atoms. The molecule has 1 fully saturated rings. The van der Waals surface area contributed by atoms with Gasteiger partial charge in [0.25, 0.3) is 11.8 Å². The van der Waals surface area contributed by atoms with E-state index in [2.05, 4.69) is 15.5 Å². The standard InChI is InChI=1S/C32H27ClN4O7S/c1-41-26-14-20(15-27(42-2)30(26)39)17-34-36-32-37(18-24-7-5-13-43-24)31(40)28(45-32)16-21-6-3-4-8-25(21)44-19-29(38)35-23-11-9-22(33)10-12-23/h3-17,39H,18-19H2,1-2H3,(H,35,38)/b28-16-,34-17+,36-32-. The maximum atomic E-state index is 13.6. The molecule has 1 saturated heterocycles. The van der Waals surface area contributed by atoms with Crippen LogP contribution in [0.2, 0.25) is 5.02 Å². The number of phenols is 1. The molecule has 3 aromatic carbocycles. The summed E-state index contributed by atoms with van der Waals surface area (Å²) >= 11 is 7.04. The van der Waals surface area contributed by atoms with Crippen molar-refractivity contribution in [2.75, 3.05) is 26.1 Å². The monoisotopic (exact) mass is 646 g/mol. The molecule has 1 aliphatic rings. The van der Waals surface area contributed by atoms with Crippen molar-refractivity contribution in [2.24, 2.45) is 10.2 Å². The molecule has 11 nitrogen and oxygen atoms in total. The summed E-state index contributed by atoms with van der Waals surface area (Å²) in [4.78, 5) is 27.9.